The second kappa shape index (κ2) is 9.65. The molecular formula is C25H32N4O3S. The van der Waals surface area contributed by atoms with Crippen molar-refractivity contribution >= 4 is 26.8 Å². The van der Waals surface area contributed by atoms with E-state index in [2.05, 4.69) is 23.0 Å². The number of unbranched alkanes of at least 4 members (excludes halogenated alkanes) is 1. The Bertz CT molecular complexity index is 1240. The van der Waals surface area contributed by atoms with Crippen LogP contribution in [0, 0.1) is 0 Å². The van der Waals surface area contributed by atoms with Crippen LogP contribution < -0.4 is 5.73 Å². The van der Waals surface area contributed by atoms with Gasteiger partial charge in [0.1, 0.15) is 0 Å². The number of aryl methyl sites for hydroxylation is 1. The number of hydrogen-bond acceptors (Lipinski definition) is 4. The first-order chi connectivity index (χ1) is 15.8. The molecule has 1 fully saturated rings. The van der Waals surface area contributed by atoms with Gasteiger partial charge in [0.15, 0.2) is 0 Å². The van der Waals surface area contributed by atoms with Crippen molar-refractivity contribution in [3.63, 3.8) is 0 Å². The van der Waals surface area contributed by atoms with Crippen LogP contribution in [0.15, 0.2) is 36.7 Å². The van der Waals surface area contributed by atoms with Crippen LogP contribution >= 0.6 is 0 Å². The van der Waals surface area contributed by atoms with Crippen molar-refractivity contribution in [1.82, 2.24) is 14.3 Å². The fourth-order valence-electron chi connectivity index (χ4n) is 4.68. The second-order valence-electron chi connectivity index (χ2n) is 8.77. The van der Waals surface area contributed by atoms with Gasteiger partial charge in [-0.3, -0.25) is 9.78 Å². The molecule has 1 saturated heterocycles. The van der Waals surface area contributed by atoms with Gasteiger partial charge in [0.05, 0.1) is 16.8 Å². The fourth-order valence-corrected chi connectivity index (χ4v) is 5.81. The molecule has 0 spiro atoms. The first-order valence-electron chi connectivity index (χ1n) is 11.7. The predicted octanol–water partition coefficient (Wildman–Crippen LogP) is 4.20. The summed E-state index contributed by atoms with van der Waals surface area (Å²) in [7, 11) is -3.17. The van der Waals surface area contributed by atoms with E-state index in [-0.39, 0.29) is 11.7 Å². The molecule has 176 valence electrons. The van der Waals surface area contributed by atoms with Crippen molar-refractivity contribution < 1.29 is 13.2 Å². The van der Waals surface area contributed by atoms with E-state index >= 15 is 0 Å². The number of sulfonamides is 1. The number of carbonyl (C=O) groups excluding carboxylic acids is 1. The smallest absolute Gasteiger partial charge is 0.250 e. The molecule has 33 heavy (non-hydrogen) atoms. The normalized spacial score (nSPS) is 15.8. The number of H-pyrrole nitrogens is 1. The summed E-state index contributed by atoms with van der Waals surface area (Å²) in [5, 5.41) is 0.966. The summed E-state index contributed by atoms with van der Waals surface area (Å²) in [6, 6.07) is 8.00. The Morgan fingerprint density at radius 2 is 1.94 bits per heavy atom. The Hall–Kier alpha value is -2.71. The average Bonchev–Trinajstić information content (AvgIpc) is 3.26. The highest BCUT2D eigenvalue weighted by atomic mass is 32.2. The molecule has 3 aromatic rings. The van der Waals surface area contributed by atoms with Crippen LogP contribution in [-0.2, 0) is 16.4 Å². The van der Waals surface area contributed by atoms with E-state index < -0.39 is 15.9 Å². The maximum absolute atomic E-state index is 12.3. The monoisotopic (exact) mass is 468 g/mol. The lowest BCUT2D eigenvalue weighted by Gasteiger charge is -2.31. The molecule has 4 rings (SSSR count). The summed E-state index contributed by atoms with van der Waals surface area (Å²) in [5.41, 5.74) is 10.9. The molecule has 7 nitrogen and oxygen atoms in total. The quantitative estimate of drug-likeness (QED) is 0.516. The van der Waals surface area contributed by atoms with Crippen LogP contribution in [-0.4, -0.2) is 47.4 Å². The third kappa shape index (κ3) is 4.82. The fraction of sp³-hybridized carbons (Fsp3) is 0.440. The van der Waals surface area contributed by atoms with Crippen LogP contribution in [0.4, 0.5) is 0 Å². The van der Waals surface area contributed by atoms with Gasteiger partial charge in [-0.1, -0.05) is 19.4 Å². The number of benzene rings is 1. The summed E-state index contributed by atoms with van der Waals surface area (Å²) >= 11 is 0. The lowest BCUT2D eigenvalue weighted by molar-refractivity contribution is 0.100. The van der Waals surface area contributed by atoms with Crippen molar-refractivity contribution in [2.24, 2.45) is 5.73 Å². The highest BCUT2D eigenvalue weighted by Crippen LogP contribution is 2.37. The van der Waals surface area contributed by atoms with Crippen LogP contribution in [0.5, 0.6) is 0 Å². The number of pyridine rings is 1. The number of nitrogens with two attached hydrogens (primary N) is 1. The van der Waals surface area contributed by atoms with Gasteiger partial charge < -0.3 is 10.7 Å². The number of carbonyl (C=O) groups is 1. The van der Waals surface area contributed by atoms with Crippen LogP contribution in [0.2, 0.25) is 0 Å². The number of hydrogen-bond donors (Lipinski definition) is 2. The molecule has 0 saturated carbocycles. The Balaban J connectivity index is 1.68. The third-order valence-corrected chi connectivity index (χ3v) is 8.56. The largest absolute Gasteiger partial charge is 0.366 e. The first kappa shape index (κ1) is 23.4. The summed E-state index contributed by atoms with van der Waals surface area (Å²) < 4.78 is 26.0. The van der Waals surface area contributed by atoms with E-state index in [9.17, 15) is 13.2 Å². The Morgan fingerprint density at radius 1 is 1.18 bits per heavy atom. The Labute approximate surface area is 195 Å². The molecule has 0 radical (unpaired) electrons. The van der Waals surface area contributed by atoms with E-state index in [1.807, 2.05) is 30.6 Å². The number of aromatic nitrogens is 2. The topological polar surface area (TPSA) is 109 Å². The van der Waals surface area contributed by atoms with Gasteiger partial charge in [0.2, 0.25) is 10.0 Å². The summed E-state index contributed by atoms with van der Waals surface area (Å²) in [4.78, 5) is 20.1. The number of piperidine rings is 1. The lowest BCUT2D eigenvalue weighted by Crippen LogP contribution is -2.38. The van der Waals surface area contributed by atoms with Crippen molar-refractivity contribution in [3.05, 3.63) is 53.5 Å². The SMILES string of the molecule is CCCCc1ccc(-c2cc(C(N)=O)c3[nH]cc(C4CCN(S(=O)(=O)CC)CC4)c3c2)cn1. The number of nitrogens with zero attached hydrogens (tertiary/aromatic N) is 2. The molecule has 3 N–H and O–H groups in total. The van der Waals surface area contributed by atoms with E-state index in [1.165, 1.54) is 0 Å². The molecule has 0 aliphatic carbocycles. The number of fused-ring (bicyclic) bond motifs is 1. The molecule has 1 aromatic carbocycles. The maximum atomic E-state index is 12.3. The number of nitrogens with one attached hydrogen (secondary N) is 1. The lowest BCUT2D eigenvalue weighted by atomic mass is 9.88. The van der Waals surface area contributed by atoms with Gasteiger partial charge in [-0.15, -0.1) is 0 Å². The van der Waals surface area contributed by atoms with E-state index in [0.717, 1.165) is 65.4 Å². The molecule has 0 atom stereocenters. The van der Waals surface area contributed by atoms with Gasteiger partial charge in [-0.25, -0.2) is 12.7 Å². The zero-order chi connectivity index (χ0) is 23.6. The minimum absolute atomic E-state index is 0.126. The number of amides is 1. The van der Waals surface area contributed by atoms with E-state index in [1.54, 1.807) is 11.2 Å². The molecule has 3 heterocycles. The molecule has 0 unspecified atom stereocenters. The first-order valence-corrected chi connectivity index (χ1v) is 13.3. The zero-order valence-corrected chi connectivity index (χ0v) is 20.1. The summed E-state index contributed by atoms with van der Waals surface area (Å²) in [5.74, 6) is -0.138. The van der Waals surface area contributed by atoms with E-state index in [4.69, 9.17) is 5.73 Å². The minimum Gasteiger partial charge on any atom is -0.366 e. The Morgan fingerprint density at radius 3 is 2.55 bits per heavy atom. The standard InChI is InChI=1S/C25H32N4O3S/c1-3-5-6-20-8-7-18(15-27-20)19-13-21-23(16-28-24(21)22(14-19)25(26)30)17-9-11-29(12-10-17)33(31,32)4-2/h7-8,13-17,28H,3-6,9-12H2,1-2H3,(H2,26,30). The minimum atomic E-state index is -3.17. The van der Waals surface area contributed by atoms with Gasteiger partial charge in [-0.2, -0.15) is 0 Å². The average molecular weight is 469 g/mol. The molecule has 8 heteroatoms. The zero-order valence-electron chi connectivity index (χ0n) is 19.3. The molecular weight excluding hydrogens is 436 g/mol. The van der Waals surface area contributed by atoms with Crippen molar-refractivity contribution in [1.29, 1.82) is 0 Å². The van der Waals surface area contributed by atoms with Crippen molar-refractivity contribution in [2.45, 2.75) is 51.9 Å². The molecule has 1 aliphatic rings. The molecule has 0 bridgehead atoms. The molecule has 2 aromatic heterocycles. The third-order valence-electron chi connectivity index (χ3n) is 6.68. The molecule has 1 amide bonds. The second-order valence-corrected chi connectivity index (χ2v) is 11.0. The molecule has 1 aliphatic heterocycles. The van der Waals surface area contributed by atoms with Crippen molar-refractivity contribution in [3.8, 4) is 11.1 Å². The highest BCUT2D eigenvalue weighted by Gasteiger charge is 2.29. The van der Waals surface area contributed by atoms with Crippen LogP contribution in [0.3, 0.4) is 0 Å². The number of aromatic amines is 1. The van der Waals surface area contributed by atoms with E-state index in [0.29, 0.717) is 18.7 Å². The Kier molecular flexibility index (Phi) is 6.86. The van der Waals surface area contributed by atoms with Crippen LogP contribution in [0.1, 0.15) is 67.1 Å². The van der Waals surface area contributed by atoms with Gasteiger partial charge >= 0.3 is 0 Å². The summed E-state index contributed by atoms with van der Waals surface area (Å²) in [6.45, 7) is 4.87. The van der Waals surface area contributed by atoms with Crippen LogP contribution in [0.25, 0.3) is 22.0 Å². The number of rotatable bonds is 8. The summed E-state index contributed by atoms with van der Waals surface area (Å²) in [6.07, 6.45) is 8.48. The number of primary amides is 1. The predicted molar refractivity (Wildman–Crippen MR) is 132 cm³/mol. The highest BCUT2D eigenvalue weighted by molar-refractivity contribution is 7.89. The van der Waals surface area contributed by atoms with Gasteiger partial charge in [0.25, 0.3) is 5.91 Å². The van der Waals surface area contributed by atoms with Crippen molar-refractivity contribution in [2.75, 3.05) is 18.8 Å². The maximum Gasteiger partial charge on any atom is 0.250 e. The van der Waals surface area contributed by atoms with Gasteiger partial charge in [-0.05, 0) is 67.9 Å². The van der Waals surface area contributed by atoms with Gasteiger partial charge in [0, 0.05) is 42.1 Å².